The quantitative estimate of drug-likeness (QED) is 0.458. The van der Waals surface area contributed by atoms with Crippen molar-refractivity contribution in [3.8, 4) is 0 Å². The van der Waals surface area contributed by atoms with E-state index in [2.05, 4.69) is 117 Å². The fraction of sp³-hybridized carbons (Fsp3) is 0.333. The first kappa shape index (κ1) is 21.3. The molecule has 0 aliphatic heterocycles. The molecule has 2 nitrogen and oxygen atoms in total. The van der Waals surface area contributed by atoms with E-state index < -0.39 is 11.6 Å². The maximum Gasteiger partial charge on any atom is 0.0950 e. The van der Waals surface area contributed by atoms with Crippen molar-refractivity contribution in [1.82, 2.24) is 5.32 Å². The molecule has 0 saturated carbocycles. The lowest BCUT2D eigenvalue weighted by molar-refractivity contribution is 0.0929. The molecule has 2 heteroatoms. The van der Waals surface area contributed by atoms with Gasteiger partial charge >= 0.3 is 0 Å². The van der Waals surface area contributed by atoms with Gasteiger partial charge < -0.3 is 5.11 Å². The van der Waals surface area contributed by atoms with E-state index >= 15 is 0 Å². The number of hydrogen-bond donors (Lipinski definition) is 2. The molecule has 3 rings (SSSR count). The van der Waals surface area contributed by atoms with Crippen LogP contribution < -0.4 is 5.32 Å². The summed E-state index contributed by atoms with van der Waals surface area (Å²) in [4.78, 5) is 0. The summed E-state index contributed by atoms with van der Waals surface area (Å²) in [5.41, 5.74) is 2.98. The fourth-order valence-corrected chi connectivity index (χ4v) is 4.21. The van der Waals surface area contributed by atoms with E-state index in [1.54, 1.807) is 0 Å². The molecule has 0 aromatic heterocycles. The standard InChI is InChI=1S/C27H33NO/c1-4-25(26(29)20-21(2)3)28-27(22-14-8-5-9-15-22,23-16-10-6-11-17-23)24-18-12-7-13-19-24/h5-19,21,25-26,28-29H,4,20H2,1-3H3. The zero-order chi connectivity index (χ0) is 20.7. The SMILES string of the molecule is CCC(NC(c1ccccc1)(c1ccccc1)c1ccccc1)C(O)CC(C)C. The zero-order valence-corrected chi connectivity index (χ0v) is 17.8. The Morgan fingerprint density at radius 2 is 1.10 bits per heavy atom. The molecule has 0 bridgehead atoms. The molecular formula is C27H33NO. The van der Waals surface area contributed by atoms with Crippen molar-refractivity contribution in [3.05, 3.63) is 108 Å². The zero-order valence-electron chi connectivity index (χ0n) is 17.8. The Hall–Kier alpha value is -2.42. The largest absolute Gasteiger partial charge is 0.391 e. The number of rotatable bonds is 9. The minimum Gasteiger partial charge on any atom is -0.391 e. The van der Waals surface area contributed by atoms with E-state index in [4.69, 9.17) is 0 Å². The smallest absolute Gasteiger partial charge is 0.0950 e. The van der Waals surface area contributed by atoms with Gasteiger partial charge in [0.25, 0.3) is 0 Å². The van der Waals surface area contributed by atoms with E-state index in [0.717, 1.165) is 12.8 Å². The molecule has 29 heavy (non-hydrogen) atoms. The molecule has 0 heterocycles. The second-order valence-electron chi connectivity index (χ2n) is 8.20. The molecule has 2 atom stereocenters. The summed E-state index contributed by atoms with van der Waals surface area (Å²) in [6, 6.07) is 31.7. The van der Waals surface area contributed by atoms with Crippen LogP contribution in [0.4, 0.5) is 0 Å². The minimum absolute atomic E-state index is 0.0296. The molecule has 0 amide bonds. The molecule has 0 radical (unpaired) electrons. The summed E-state index contributed by atoms with van der Waals surface area (Å²) >= 11 is 0. The first-order chi connectivity index (χ1) is 14.1. The highest BCUT2D eigenvalue weighted by molar-refractivity contribution is 5.49. The maximum absolute atomic E-state index is 11.0. The molecule has 3 aromatic carbocycles. The normalized spacial score (nSPS) is 14.0. The Bertz CT molecular complexity index is 749. The molecule has 0 saturated heterocycles. The minimum atomic E-state index is -0.539. The lowest BCUT2D eigenvalue weighted by Crippen LogP contribution is -2.53. The molecule has 2 unspecified atom stereocenters. The van der Waals surface area contributed by atoms with Crippen molar-refractivity contribution in [2.45, 2.75) is 51.3 Å². The van der Waals surface area contributed by atoms with Crippen LogP contribution in [0, 0.1) is 5.92 Å². The molecule has 0 spiro atoms. The summed E-state index contributed by atoms with van der Waals surface area (Å²) in [7, 11) is 0. The average Bonchev–Trinajstić information content (AvgIpc) is 2.76. The lowest BCUT2D eigenvalue weighted by atomic mass is 9.76. The van der Waals surface area contributed by atoms with Crippen LogP contribution in [-0.2, 0) is 5.54 Å². The molecule has 3 aromatic rings. The topological polar surface area (TPSA) is 32.3 Å². The van der Waals surface area contributed by atoms with Gasteiger partial charge in [-0.1, -0.05) is 112 Å². The fourth-order valence-electron chi connectivity index (χ4n) is 4.21. The predicted octanol–water partition coefficient (Wildman–Crippen LogP) is 5.75. The third-order valence-corrected chi connectivity index (χ3v) is 5.64. The van der Waals surface area contributed by atoms with Crippen molar-refractivity contribution in [2.24, 2.45) is 5.92 Å². The number of benzene rings is 3. The van der Waals surface area contributed by atoms with E-state index in [-0.39, 0.29) is 6.04 Å². The monoisotopic (exact) mass is 387 g/mol. The van der Waals surface area contributed by atoms with E-state index in [9.17, 15) is 5.11 Å². The molecule has 0 fully saturated rings. The summed E-state index contributed by atoms with van der Waals surface area (Å²) in [5.74, 6) is 0.445. The Morgan fingerprint density at radius 1 is 0.724 bits per heavy atom. The van der Waals surface area contributed by atoms with E-state index in [1.165, 1.54) is 16.7 Å². The number of aliphatic hydroxyl groups is 1. The Labute approximate surface area is 175 Å². The van der Waals surface area contributed by atoms with Gasteiger partial charge in [-0.25, -0.2) is 0 Å². The van der Waals surface area contributed by atoms with Crippen LogP contribution in [0.15, 0.2) is 91.0 Å². The van der Waals surface area contributed by atoms with Gasteiger partial charge in [0.1, 0.15) is 0 Å². The summed E-state index contributed by atoms with van der Waals surface area (Å²) in [6.07, 6.45) is 1.22. The van der Waals surface area contributed by atoms with Gasteiger partial charge in [0.15, 0.2) is 0 Å². The first-order valence-corrected chi connectivity index (χ1v) is 10.7. The highest BCUT2D eigenvalue weighted by Gasteiger charge is 2.39. The molecule has 152 valence electrons. The van der Waals surface area contributed by atoms with Crippen molar-refractivity contribution >= 4 is 0 Å². The van der Waals surface area contributed by atoms with Crippen LogP contribution in [0.3, 0.4) is 0 Å². The van der Waals surface area contributed by atoms with E-state index in [1.807, 2.05) is 0 Å². The van der Waals surface area contributed by atoms with Crippen LogP contribution >= 0.6 is 0 Å². The van der Waals surface area contributed by atoms with Gasteiger partial charge in [-0.2, -0.15) is 0 Å². The van der Waals surface area contributed by atoms with Crippen LogP contribution in [0.25, 0.3) is 0 Å². The summed E-state index contributed by atoms with van der Waals surface area (Å²) < 4.78 is 0. The summed E-state index contributed by atoms with van der Waals surface area (Å²) in [5, 5.41) is 14.9. The molecule has 0 aliphatic rings. The van der Waals surface area contributed by atoms with Crippen LogP contribution in [0.2, 0.25) is 0 Å². The molecular weight excluding hydrogens is 354 g/mol. The van der Waals surface area contributed by atoms with Gasteiger partial charge in [0, 0.05) is 6.04 Å². The first-order valence-electron chi connectivity index (χ1n) is 10.7. The van der Waals surface area contributed by atoms with Gasteiger partial charge in [-0.3, -0.25) is 5.32 Å². The van der Waals surface area contributed by atoms with Crippen LogP contribution in [0.5, 0.6) is 0 Å². The van der Waals surface area contributed by atoms with Crippen LogP contribution in [0.1, 0.15) is 50.3 Å². The highest BCUT2D eigenvalue weighted by atomic mass is 16.3. The Kier molecular flexibility index (Phi) is 7.24. The van der Waals surface area contributed by atoms with Crippen LogP contribution in [-0.4, -0.2) is 17.3 Å². The third-order valence-electron chi connectivity index (χ3n) is 5.64. The second-order valence-corrected chi connectivity index (χ2v) is 8.20. The van der Waals surface area contributed by atoms with Crippen molar-refractivity contribution in [3.63, 3.8) is 0 Å². The third kappa shape index (κ3) is 4.77. The van der Waals surface area contributed by atoms with Crippen molar-refractivity contribution in [2.75, 3.05) is 0 Å². The van der Waals surface area contributed by atoms with Gasteiger partial charge in [-0.15, -0.1) is 0 Å². The Balaban J connectivity index is 2.19. The maximum atomic E-state index is 11.0. The Morgan fingerprint density at radius 3 is 1.41 bits per heavy atom. The second kappa shape index (κ2) is 9.87. The average molecular weight is 388 g/mol. The summed E-state index contributed by atoms with van der Waals surface area (Å²) in [6.45, 7) is 6.47. The molecule has 2 N–H and O–H groups in total. The van der Waals surface area contributed by atoms with E-state index in [0.29, 0.717) is 5.92 Å². The van der Waals surface area contributed by atoms with Crippen molar-refractivity contribution in [1.29, 1.82) is 0 Å². The van der Waals surface area contributed by atoms with Gasteiger partial charge in [-0.05, 0) is 35.4 Å². The number of aliphatic hydroxyl groups excluding tert-OH is 1. The number of hydrogen-bond acceptors (Lipinski definition) is 2. The number of nitrogens with one attached hydrogen (secondary N) is 1. The van der Waals surface area contributed by atoms with Crippen molar-refractivity contribution < 1.29 is 5.11 Å². The van der Waals surface area contributed by atoms with Gasteiger partial charge in [0.05, 0.1) is 11.6 Å². The predicted molar refractivity (Wildman–Crippen MR) is 122 cm³/mol. The van der Waals surface area contributed by atoms with Gasteiger partial charge in [0.2, 0.25) is 0 Å². The lowest BCUT2D eigenvalue weighted by Gasteiger charge is -2.41. The highest BCUT2D eigenvalue weighted by Crippen LogP contribution is 2.38. The molecule has 0 aliphatic carbocycles.